The van der Waals surface area contributed by atoms with E-state index in [1.165, 1.54) is 18.2 Å². The quantitative estimate of drug-likeness (QED) is 0.836. The van der Waals surface area contributed by atoms with E-state index in [0.29, 0.717) is 5.56 Å². The number of nitrogen functional groups attached to an aromatic ring is 1. The minimum absolute atomic E-state index is 0.0369. The monoisotopic (exact) mass is 393 g/mol. The smallest absolute Gasteiger partial charge is 0.263 e. The van der Waals surface area contributed by atoms with Crippen LogP contribution in [0.4, 0.5) is 15.9 Å². The molecule has 2 aromatic rings. The number of nitrogens with one attached hydrogen (secondary N) is 1. The molecule has 112 valence electrons. The zero-order chi connectivity index (χ0) is 15.8. The topological polar surface area (TPSA) is 85.1 Å². The summed E-state index contributed by atoms with van der Waals surface area (Å²) in [5.74, 6) is -0.441. The molecule has 0 aliphatic rings. The van der Waals surface area contributed by atoms with Crippen LogP contribution in [0.25, 0.3) is 0 Å². The fourth-order valence-electron chi connectivity index (χ4n) is 1.54. The van der Waals surface area contributed by atoms with Gasteiger partial charge in [-0.2, -0.15) is 0 Å². The third kappa shape index (κ3) is 3.45. The van der Waals surface area contributed by atoms with Gasteiger partial charge < -0.3 is 5.73 Å². The predicted octanol–water partition coefficient (Wildman–Crippen LogP) is 3.33. The lowest BCUT2D eigenvalue weighted by Crippen LogP contribution is -2.14. The van der Waals surface area contributed by atoms with Crippen LogP contribution in [0.2, 0.25) is 5.02 Å². The molecule has 3 N–H and O–H groups in total. The molecule has 1 heterocycles. The Balaban J connectivity index is 2.42. The largest absolute Gasteiger partial charge is 0.382 e. The first-order valence-electron chi connectivity index (χ1n) is 5.60. The van der Waals surface area contributed by atoms with Crippen molar-refractivity contribution in [3.05, 3.63) is 45.3 Å². The van der Waals surface area contributed by atoms with Crippen molar-refractivity contribution < 1.29 is 12.8 Å². The van der Waals surface area contributed by atoms with Crippen LogP contribution >= 0.6 is 27.5 Å². The van der Waals surface area contributed by atoms with Crippen LogP contribution in [-0.2, 0) is 10.0 Å². The van der Waals surface area contributed by atoms with Crippen molar-refractivity contribution in [2.45, 2.75) is 11.8 Å². The SMILES string of the molecule is Cc1cc(F)c(Br)cc1NS(=O)(=O)c1cnc(N)c(Cl)c1. The van der Waals surface area contributed by atoms with E-state index >= 15 is 0 Å². The summed E-state index contributed by atoms with van der Waals surface area (Å²) in [7, 11) is -3.90. The molecular weight excluding hydrogens is 385 g/mol. The average molecular weight is 395 g/mol. The van der Waals surface area contributed by atoms with Gasteiger partial charge in [-0.1, -0.05) is 11.6 Å². The molecule has 9 heteroatoms. The number of aromatic nitrogens is 1. The highest BCUT2D eigenvalue weighted by atomic mass is 79.9. The number of benzene rings is 1. The lowest BCUT2D eigenvalue weighted by molar-refractivity contribution is 0.600. The van der Waals surface area contributed by atoms with Gasteiger partial charge in [0.1, 0.15) is 16.5 Å². The Morgan fingerprint density at radius 3 is 2.67 bits per heavy atom. The molecule has 0 atom stereocenters. The molecular formula is C12H10BrClFN3O2S. The second-order valence-electron chi connectivity index (χ2n) is 4.22. The molecule has 2 rings (SSSR count). The third-order valence-corrected chi connectivity index (χ3v) is 4.91. The molecule has 0 spiro atoms. The van der Waals surface area contributed by atoms with Gasteiger partial charge in [0.15, 0.2) is 0 Å². The van der Waals surface area contributed by atoms with Crippen LogP contribution in [0.15, 0.2) is 33.8 Å². The molecule has 1 aromatic heterocycles. The van der Waals surface area contributed by atoms with Gasteiger partial charge in [0.2, 0.25) is 0 Å². The van der Waals surface area contributed by atoms with Gasteiger partial charge in [0.25, 0.3) is 10.0 Å². The van der Waals surface area contributed by atoms with Crippen LogP contribution < -0.4 is 10.5 Å². The summed E-state index contributed by atoms with van der Waals surface area (Å²) >= 11 is 8.77. The van der Waals surface area contributed by atoms with Gasteiger partial charge in [0, 0.05) is 6.20 Å². The Hall–Kier alpha value is -1.38. The molecule has 21 heavy (non-hydrogen) atoms. The number of halogens is 3. The fraction of sp³-hybridized carbons (Fsp3) is 0.0833. The summed E-state index contributed by atoms with van der Waals surface area (Å²) in [5, 5.41) is 0.0369. The van der Waals surface area contributed by atoms with Crippen LogP contribution in [0.3, 0.4) is 0 Å². The van der Waals surface area contributed by atoms with E-state index in [0.717, 1.165) is 6.20 Å². The molecule has 0 saturated heterocycles. The summed E-state index contributed by atoms with van der Waals surface area (Å²) in [4.78, 5) is 3.56. The van der Waals surface area contributed by atoms with Crippen molar-refractivity contribution in [2.24, 2.45) is 0 Å². The molecule has 0 radical (unpaired) electrons. The van der Waals surface area contributed by atoms with Crippen LogP contribution in [0, 0.1) is 12.7 Å². The van der Waals surface area contributed by atoms with Gasteiger partial charge >= 0.3 is 0 Å². The van der Waals surface area contributed by atoms with Gasteiger partial charge in [-0.25, -0.2) is 17.8 Å². The predicted molar refractivity (Wildman–Crippen MR) is 83.3 cm³/mol. The molecule has 0 fully saturated rings. The Morgan fingerprint density at radius 1 is 1.38 bits per heavy atom. The zero-order valence-electron chi connectivity index (χ0n) is 10.7. The number of rotatable bonds is 3. The second kappa shape index (κ2) is 5.78. The second-order valence-corrected chi connectivity index (χ2v) is 7.17. The standard InChI is InChI=1S/C12H10BrClFN3O2S/c1-6-2-10(15)8(13)4-11(6)18-21(19,20)7-3-9(14)12(16)17-5-7/h2-5,18H,1H3,(H2,16,17). The van der Waals surface area contributed by atoms with Crippen molar-refractivity contribution >= 4 is 49.1 Å². The Labute approximate surface area is 134 Å². The maximum absolute atomic E-state index is 13.3. The Kier molecular flexibility index (Phi) is 4.40. The third-order valence-electron chi connectivity index (χ3n) is 2.67. The number of pyridine rings is 1. The molecule has 0 bridgehead atoms. The van der Waals surface area contributed by atoms with Gasteiger partial charge in [-0.3, -0.25) is 4.72 Å². The lowest BCUT2D eigenvalue weighted by atomic mass is 10.2. The maximum atomic E-state index is 13.3. The van der Waals surface area contributed by atoms with E-state index in [-0.39, 0.29) is 25.9 Å². The number of hydrogen-bond donors (Lipinski definition) is 2. The van der Waals surface area contributed by atoms with Gasteiger partial charge in [-0.05, 0) is 46.6 Å². The summed E-state index contributed by atoms with van der Waals surface area (Å²) in [6.45, 7) is 1.58. The van der Waals surface area contributed by atoms with E-state index in [1.807, 2.05) is 0 Å². The zero-order valence-corrected chi connectivity index (χ0v) is 13.9. The molecule has 0 unspecified atom stereocenters. The highest BCUT2D eigenvalue weighted by Gasteiger charge is 2.18. The molecule has 0 amide bonds. The van der Waals surface area contributed by atoms with Gasteiger partial charge in [-0.15, -0.1) is 0 Å². The maximum Gasteiger partial charge on any atom is 0.263 e. The van der Waals surface area contributed by atoms with E-state index in [2.05, 4.69) is 25.6 Å². The molecule has 0 saturated carbocycles. The number of hydrogen-bond acceptors (Lipinski definition) is 4. The number of nitrogens with two attached hydrogens (primary N) is 1. The normalized spacial score (nSPS) is 11.4. The highest BCUT2D eigenvalue weighted by molar-refractivity contribution is 9.10. The van der Waals surface area contributed by atoms with Crippen molar-refractivity contribution in [2.75, 3.05) is 10.5 Å². The fourth-order valence-corrected chi connectivity index (χ4v) is 3.20. The van der Waals surface area contributed by atoms with E-state index in [9.17, 15) is 12.8 Å². The number of sulfonamides is 1. The summed E-state index contributed by atoms with van der Waals surface area (Å²) in [5.41, 5.74) is 6.12. The molecule has 0 aliphatic carbocycles. The average Bonchev–Trinajstić information content (AvgIpc) is 2.39. The molecule has 1 aromatic carbocycles. The first kappa shape index (κ1) is 16.0. The minimum Gasteiger partial charge on any atom is -0.382 e. The van der Waals surface area contributed by atoms with Crippen LogP contribution in [-0.4, -0.2) is 13.4 Å². The van der Waals surface area contributed by atoms with Crippen molar-refractivity contribution in [3.8, 4) is 0 Å². The number of nitrogens with zero attached hydrogens (tertiary/aromatic N) is 1. The van der Waals surface area contributed by atoms with E-state index < -0.39 is 15.8 Å². The van der Waals surface area contributed by atoms with Crippen molar-refractivity contribution in [3.63, 3.8) is 0 Å². The lowest BCUT2D eigenvalue weighted by Gasteiger charge is -2.12. The van der Waals surface area contributed by atoms with E-state index in [1.54, 1.807) is 6.92 Å². The van der Waals surface area contributed by atoms with Crippen molar-refractivity contribution in [1.29, 1.82) is 0 Å². The number of aryl methyl sites for hydroxylation is 1. The van der Waals surface area contributed by atoms with Crippen molar-refractivity contribution in [1.82, 2.24) is 4.98 Å². The van der Waals surface area contributed by atoms with Crippen LogP contribution in [0.1, 0.15) is 5.56 Å². The van der Waals surface area contributed by atoms with Crippen LogP contribution in [0.5, 0.6) is 0 Å². The summed E-state index contributed by atoms with van der Waals surface area (Å²) < 4.78 is 40.4. The number of anilines is 2. The summed E-state index contributed by atoms with van der Waals surface area (Å²) in [6.07, 6.45) is 1.09. The highest BCUT2D eigenvalue weighted by Crippen LogP contribution is 2.27. The first-order chi connectivity index (χ1) is 9.70. The minimum atomic E-state index is -3.90. The molecule has 5 nitrogen and oxygen atoms in total. The first-order valence-corrected chi connectivity index (χ1v) is 8.25. The molecule has 0 aliphatic heterocycles. The summed E-state index contributed by atoms with van der Waals surface area (Å²) in [6, 6.07) is 3.75. The van der Waals surface area contributed by atoms with Gasteiger partial charge in [0.05, 0.1) is 15.2 Å². The Morgan fingerprint density at radius 2 is 2.05 bits per heavy atom. The van der Waals surface area contributed by atoms with E-state index in [4.69, 9.17) is 17.3 Å². The Bertz CT molecular complexity index is 814.